The number of carbonyl (C=O) groups is 1. The minimum Gasteiger partial charge on any atom is -0.480 e. The number of thioether (sulfide) groups is 1. The molecular weight excluding hydrogens is 282 g/mol. The normalized spacial score (nSPS) is 17.6. The summed E-state index contributed by atoms with van der Waals surface area (Å²) in [6.07, 6.45) is 0.428. The van der Waals surface area contributed by atoms with Gasteiger partial charge in [-0.05, 0) is 24.6 Å². The largest absolute Gasteiger partial charge is 0.480 e. The Labute approximate surface area is 127 Å². The molecule has 106 valence electrons. The third-order valence-electron chi connectivity index (χ3n) is 3.43. The second-order valence-corrected chi connectivity index (χ2v) is 6.29. The number of nitrogens with zero attached hydrogens (tertiary/aromatic N) is 1. The van der Waals surface area contributed by atoms with Gasteiger partial charge in [0.2, 0.25) is 0 Å². The Morgan fingerprint density at radius 3 is 2.62 bits per heavy atom. The number of rotatable bonds is 2. The number of hydrogen-bond donors (Lipinski definition) is 1. The van der Waals surface area contributed by atoms with Crippen LogP contribution in [0.4, 0.5) is 5.69 Å². The van der Waals surface area contributed by atoms with Crippen LogP contribution < -0.4 is 0 Å². The fourth-order valence-corrected chi connectivity index (χ4v) is 3.32. The SMILES string of the molecule is Cc1ccc(C2=Nc3ccccc3S[C@H](C(=O)O)C2)cc1. The maximum absolute atomic E-state index is 11.5. The predicted molar refractivity (Wildman–Crippen MR) is 85.7 cm³/mol. The first kappa shape index (κ1) is 13.9. The van der Waals surface area contributed by atoms with E-state index in [1.165, 1.54) is 17.3 Å². The van der Waals surface area contributed by atoms with Crippen LogP contribution in [0.25, 0.3) is 0 Å². The van der Waals surface area contributed by atoms with Crippen LogP contribution in [-0.2, 0) is 4.79 Å². The highest BCUT2D eigenvalue weighted by Gasteiger charge is 2.26. The molecular formula is C17H15NO2S. The number of aliphatic imine (C=N–C) groups is 1. The summed E-state index contributed by atoms with van der Waals surface area (Å²) in [5.41, 5.74) is 3.85. The molecule has 3 rings (SSSR count). The molecule has 2 aromatic carbocycles. The monoisotopic (exact) mass is 297 g/mol. The van der Waals surface area contributed by atoms with Crippen LogP contribution in [0.2, 0.25) is 0 Å². The third kappa shape index (κ3) is 3.00. The van der Waals surface area contributed by atoms with Gasteiger partial charge in [-0.2, -0.15) is 0 Å². The number of aryl methyl sites for hydroxylation is 1. The molecule has 3 nitrogen and oxygen atoms in total. The molecule has 1 aliphatic rings. The van der Waals surface area contributed by atoms with Crippen molar-refractivity contribution in [3.8, 4) is 0 Å². The van der Waals surface area contributed by atoms with Gasteiger partial charge in [-0.3, -0.25) is 9.79 Å². The van der Waals surface area contributed by atoms with Crippen LogP contribution in [0.3, 0.4) is 0 Å². The molecule has 0 spiro atoms. The molecule has 1 aliphatic heterocycles. The molecule has 0 radical (unpaired) electrons. The molecule has 1 heterocycles. The number of fused-ring (bicyclic) bond motifs is 1. The Bertz CT molecular complexity index is 707. The lowest BCUT2D eigenvalue weighted by molar-refractivity contribution is -0.136. The highest BCUT2D eigenvalue weighted by Crippen LogP contribution is 2.37. The summed E-state index contributed by atoms with van der Waals surface area (Å²) >= 11 is 1.37. The number of hydrogen-bond acceptors (Lipinski definition) is 3. The summed E-state index contributed by atoms with van der Waals surface area (Å²) in [6, 6.07) is 15.8. The average molecular weight is 297 g/mol. The first-order valence-electron chi connectivity index (χ1n) is 6.76. The van der Waals surface area contributed by atoms with Crippen LogP contribution in [0.1, 0.15) is 17.5 Å². The van der Waals surface area contributed by atoms with Gasteiger partial charge < -0.3 is 5.11 Å². The van der Waals surface area contributed by atoms with Crippen LogP contribution in [0.5, 0.6) is 0 Å². The Morgan fingerprint density at radius 1 is 1.19 bits per heavy atom. The van der Waals surface area contributed by atoms with E-state index in [2.05, 4.69) is 0 Å². The molecule has 2 aromatic rings. The van der Waals surface area contributed by atoms with Gasteiger partial charge in [0.05, 0.1) is 11.4 Å². The molecule has 0 fully saturated rings. The molecule has 0 amide bonds. The maximum Gasteiger partial charge on any atom is 0.317 e. The predicted octanol–water partition coefficient (Wildman–Crippen LogP) is 4.06. The maximum atomic E-state index is 11.5. The zero-order valence-electron chi connectivity index (χ0n) is 11.6. The molecule has 0 unspecified atom stereocenters. The van der Waals surface area contributed by atoms with E-state index in [0.29, 0.717) is 6.42 Å². The Kier molecular flexibility index (Phi) is 3.80. The van der Waals surface area contributed by atoms with Crippen molar-refractivity contribution in [1.82, 2.24) is 0 Å². The summed E-state index contributed by atoms with van der Waals surface area (Å²) in [4.78, 5) is 17.1. The van der Waals surface area contributed by atoms with Gasteiger partial charge in [-0.25, -0.2) is 0 Å². The van der Waals surface area contributed by atoms with Crippen LogP contribution >= 0.6 is 11.8 Å². The molecule has 1 atom stereocenters. The smallest absolute Gasteiger partial charge is 0.317 e. The number of para-hydroxylation sites is 1. The van der Waals surface area contributed by atoms with E-state index in [-0.39, 0.29) is 0 Å². The van der Waals surface area contributed by atoms with E-state index in [1.807, 2.05) is 55.5 Å². The number of benzene rings is 2. The summed E-state index contributed by atoms with van der Waals surface area (Å²) in [5.74, 6) is -0.795. The van der Waals surface area contributed by atoms with Gasteiger partial charge >= 0.3 is 5.97 Å². The number of carboxylic acid groups (broad SMARTS) is 1. The fraction of sp³-hybridized carbons (Fsp3) is 0.176. The lowest BCUT2D eigenvalue weighted by Crippen LogP contribution is -2.20. The summed E-state index contributed by atoms with van der Waals surface area (Å²) in [6.45, 7) is 2.03. The van der Waals surface area contributed by atoms with Gasteiger partial charge in [-0.1, -0.05) is 42.0 Å². The molecule has 0 saturated carbocycles. The van der Waals surface area contributed by atoms with E-state index < -0.39 is 11.2 Å². The molecule has 0 bridgehead atoms. The van der Waals surface area contributed by atoms with Crippen molar-refractivity contribution in [3.05, 3.63) is 59.7 Å². The Hall–Kier alpha value is -2.07. The second-order valence-electron chi connectivity index (χ2n) is 5.04. The topological polar surface area (TPSA) is 49.7 Å². The van der Waals surface area contributed by atoms with Crippen molar-refractivity contribution in [2.75, 3.05) is 0 Å². The molecule has 0 aliphatic carbocycles. The van der Waals surface area contributed by atoms with Crippen molar-refractivity contribution < 1.29 is 9.90 Å². The Balaban J connectivity index is 2.07. The highest BCUT2D eigenvalue weighted by molar-refractivity contribution is 8.00. The quantitative estimate of drug-likeness (QED) is 0.909. The van der Waals surface area contributed by atoms with E-state index in [9.17, 15) is 9.90 Å². The zero-order chi connectivity index (χ0) is 14.8. The second kappa shape index (κ2) is 5.74. The van der Waals surface area contributed by atoms with Gasteiger partial charge in [-0.15, -0.1) is 11.8 Å². The minimum atomic E-state index is -0.795. The summed E-state index contributed by atoms with van der Waals surface area (Å²) in [5, 5.41) is 8.92. The van der Waals surface area contributed by atoms with Crippen LogP contribution in [0.15, 0.2) is 58.4 Å². The molecule has 1 N–H and O–H groups in total. The average Bonchev–Trinajstić information content (AvgIpc) is 2.67. The van der Waals surface area contributed by atoms with Gasteiger partial charge in [0.25, 0.3) is 0 Å². The standard InChI is InChI=1S/C17H15NO2S/c1-11-6-8-12(9-7-11)14-10-16(17(19)20)21-15-5-3-2-4-13(15)18-14/h2-9,16H,10H2,1H3,(H,19,20)/t16-/m0/s1. The van der Waals surface area contributed by atoms with E-state index >= 15 is 0 Å². The first-order valence-corrected chi connectivity index (χ1v) is 7.64. The third-order valence-corrected chi connectivity index (χ3v) is 4.68. The molecule has 0 aromatic heterocycles. The van der Waals surface area contributed by atoms with Gasteiger partial charge in [0, 0.05) is 11.3 Å². The fourth-order valence-electron chi connectivity index (χ4n) is 2.28. The van der Waals surface area contributed by atoms with Crippen molar-refractivity contribution in [3.63, 3.8) is 0 Å². The van der Waals surface area contributed by atoms with Crippen LogP contribution in [-0.4, -0.2) is 22.0 Å². The number of carboxylic acids is 1. The van der Waals surface area contributed by atoms with Gasteiger partial charge in [0.15, 0.2) is 0 Å². The summed E-state index contributed by atoms with van der Waals surface area (Å²) in [7, 11) is 0. The lowest BCUT2D eigenvalue weighted by Gasteiger charge is -2.10. The molecule has 0 saturated heterocycles. The van der Waals surface area contributed by atoms with E-state index in [4.69, 9.17) is 4.99 Å². The van der Waals surface area contributed by atoms with Gasteiger partial charge in [0.1, 0.15) is 5.25 Å². The zero-order valence-corrected chi connectivity index (χ0v) is 12.4. The Morgan fingerprint density at radius 2 is 1.90 bits per heavy atom. The van der Waals surface area contributed by atoms with Crippen molar-refractivity contribution in [2.45, 2.75) is 23.5 Å². The van der Waals surface area contributed by atoms with E-state index in [0.717, 1.165) is 21.9 Å². The highest BCUT2D eigenvalue weighted by atomic mass is 32.2. The van der Waals surface area contributed by atoms with Crippen molar-refractivity contribution in [1.29, 1.82) is 0 Å². The molecule has 4 heteroatoms. The minimum absolute atomic E-state index is 0.428. The lowest BCUT2D eigenvalue weighted by atomic mass is 10.0. The van der Waals surface area contributed by atoms with Crippen molar-refractivity contribution in [2.24, 2.45) is 4.99 Å². The molecule has 21 heavy (non-hydrogen) atoms. The van der Waals surface area contributed by atoms with Crippen LogP contribution in [0, 0.1) is 6.92 Å². The number of aliphatic carboxylic acids is 1. The van der Waals surface area contributed by atoms with Crippen molar-refractivity contribution >= 4 is 29.1 Å². The first-order chi connectivity index (χ1) is 10.1. The summed E-state index contributed by atoms with van der Waals surface area (Å²) < 4.78 is 0. The van der Waals surface area contributed by atoms with E-state index in [1.54, 1.807) is 0 Å².